The van der Waals surface area contributed by atoms with Gasteiger partial charge in [-0.1, -0.05) is 32.0 Å². The van der Waals surface area contributed by atoms with E-state index in [1.807, 2.05) is 0 Å². The van der Waals surface area contributed by atoms with Gasteiger partial charge < -0.3 is 29.6 Å². The van der Waals surface area contributed by atoms with Crippen LogP contribution in [0.5, 0.6) is 23.0 Å². The van der Waals surface area contributed by atoms with Crippen molar-refractivity contribution in [3.63, 3.8) is 0 Å². The Balaban J connectivity index is 1.90. The number of methoxy groups -OCH3 is 3. The van der Waals surface area contributed by atoms with Crippen LogP contribution in [-0.2, 0) is 0 Å². The summed E-state index contributed by atoms with van der Waals surface area (Å²) in [5.41, 5.74) is 1.39. The summed E-state index contributed by atoms with van der Waals surface area (Å²) >= 11 is 0. The van der Waals surface area contributed by atoms with Crippen LogP contribution in [0.25, 0.3) is 0 Å². The lowest BCUT2D eigenvalue weighted by molar-refractivity contribution is 0.0883. The van der Waals surface area contributed by atoms with Crippen molar-refractivity contribution >= 4 is 11.8 Å². The van der Waals surface area contributed by atoms with E-state index in [9.17, 15) is 9.59 Å². The first-order valence-electron chi connectivity index (χ1n) is 12.0. The fraction of sp³-hybridized carbons (Fsp3) is 0.310. The molecule has 0 aromatic heterocycles. The molecule has 0 atom stereocenters. The predicted octanol–water partition coefficient (Wildman–Crippen LogP) is 5.00. The molecule has 3 aromatic rings. The molecule has 0 bridgehead atoms. The molecule has 3 aromatic carbocycles. The number of ether oxygens (including phenoxy) is 4. The highest BCUT2D eigenvalue weighted by Gasteiger charge is 2.21. The number of carbonyl (C=O) groups excluding carboxylic acids is 2. The normalized spacial score (nSPS) is 10.7. The van der Waals surface area contributed by atoms with Crippen molar-refractivity contribution in [2.24, 2.45) is 5.92 Å². The SMILES string of the molecule is COc1cccc(C(=O)NC(NC(=O)c2cccc(OC)c2)c2ccc(OCCC(C)C)c(OC)c2)c1. The molecule has 37 heavy (non-hydrogen) atoms. The number of hydrogen-bond donors (Lipinski definition) is 2. The largest absolute Gasteiger partial charge is 0.497 e. The molecule has 0 saturated carbocycles. The summed E-state index contributed by atoms with van der Waals surface area (Å²) in [5, 5.41) is 5.81. The number of rotatable bonds is 12. The van der Waals surface area contributed by atoms with E-state index in [4.69, 9.17) is 18.9 Å². The Morgan fingerprint density at radius 3 is 1.78 bits per heavy atom. The standard InChI is InChI=1S/C29H34N2O6/c1-19(2)14-15-37-25-13-12-20(18-26(25)36-5)27(30-28(32)21-8-6-10-23(16-21)34-3)31-29(33)22-9-7-11-24(17-22)35-4/h6-13,16-19,27H,14-15H2,1-5H3,(H,30,32)(H,31,33). The molecule has 0 saturated heterocycles. The van der Waals surface area contributed by atoms with Crippen LogP contribution >= 0.6 is 0 Å². The van der Waals surface area contributed by atoms with Crippen molar-refractivity contribution in [2.75, 3.05) is 27.9 Å². The van der Waals surface area contributed by atoms with Crippen molar-refractivity contribution in [1.29, 1.82) is 0 Å². The quantitative estimate of drug-likeness (QED) is 0.336. The molecule has 2 amide bonds. The van der Waals surface area contributed by atoms with Gasteiger partial charge in [-0.3, -0.25) is 9.59 Å². The molecule has 0 heterocycles. The van der Waals surface area contributed by atoms with Gasteiger partial charge in [0.1, 0.15) is 17.7 Å². The maximum Gasteiger partial charge on any atom is 0.253 e. The summed E-state index contributed by atoms with van der Waals surface area (Å²) in [5.74, 6) is 1.93. The summed E-state index contributed by atoms with van der Waals surface area (Å²) in [6, 6.07) is 18.9. The first-order valence-corrected chi connectivity index (χ1v) is 12.0. The van der Waals surface area contributed by atoms with Crippen molar-refractivity contribution < 1.29 is 28.5 Å². The second-order valence-electron chi connectivity index (χ2n) is 8.79. The van der Waals surface area contributed by atoms with Gasteiger partial charge in [-0.2, -0.15) is 0 Å². The molecular weight excluding hydrogens is 472 g/mol. The first-order chi connectivity index (χ1) is 17.8. The summed E-state index contributed by atoms with van der Waals surface area (Å²) in [6.45, 7) is 4.81. The topological polar surface area (TPSA) is 95.1 Å². The highest BCUT2D eigenvalue weighted by molar-refractivity contribution is 5.97. The molecule has 0 spiro atoms. The zero-order valence-corrected chi connectivity index (χ0v) is 21.9. The van der Waals surface area contributed by atoms with Crippen LogP contribution in [-0.4, -0.2) is 39.8 Å². The minimum absolute atomic E-state index is 0.383. The molecule has 0 fully saturated rings. The minimum Gasteiger partial charge on any atom is -0.497 e. The van der Waals surface area contributed by atoms with Gasteiger partial charge in [-0.15, -0.1) is 0 Å². The Kier molecular flexibility index (Phi) is 9.77. The third-order valence-corrected chi connectivity index (χ3v) is 5.69. The zero-order chi connectivity index (χ0) is 26.8. The van der Waals surface area contributed by atoms with E-state index >= 15 is 0 Å². The highest BCUT2D eigenvalue weighted by Crippen LogP contribution is 2.30. The number of benzene rings is 3. The Morgan fingerprint density at radius 2 is 1.30 bits per heavy atom. The molecule has 8 heteroatoms. The van der Waals surface area contributed by atoms with Gasteiger partial charge in [-0.05, 0) is 66.4 Å². The van der Waals surface area contributed by atoms with Gasteiger partial charge in [0, 0.05) is 11.1 Å². The smallest absolute Gasteiger partial charge is 0.253 e. The van der Waals surface area contributed by atoms with Crippen LogP contribution in [0.2, 0.25) is 0 Å². The Bertz CT molecular complexity index is 1150. The van der Waals surface area contributed by atoms with Gasteiger partial charge in [-0.25, -0.2) is 0 Å². The fourth-order valence-electron chi connectivity index (χ4n) is 3.55. The van der Waals surface area contributed by atoms with Crippen LogP contribution in [0.4, 0.5) is 0 Å². The van der Waals surface area contributed by atoms with Crippen molar-refractivity contribution in [3.8, 4) is 23.0 Å². The van der Waals surface area contributed by atoms with E-state index in [1.165, 1.54) is 14.2 Å². The van der Waals surface area contributed by atoms with E-state index < -0.39 is 6.17 Å². The van der Waals surface area contributed by atoms with Crippen LogP contribution in [0.1, 0.15) is 52.7 Å². The van der Waals surface area contributed by atoms with Gasteiger partial charge in [0.05, 0.1) is 27.9 Å². The molecule has 8 nitrogen and oxygen atoms in total. The van der Waals surface area contributed by atoms with Crippen molar-refractivity contribution in [2.45, 2.75) is 26.4 Å². The lowest BCUT2D eigenvalue weighted by Crippen LogP contribution is -2.41. The summed E-state index contributed by atoms with van der Waals surface area (Å²) in [4.78, 5) is 26.3. The van der Waals surface area contributed by atoms with E-state index in [0.29, 0.717) is 52.2 Å². The molecule has 3 rings (SSSR count). The summed E-state index contributed by atoms with van der Waals surface area (Å²) in [7, 11) is 4.61. The van der Waals surface area contributed by atoms with E-state index in [-0.39, 0.29) is 11.8 Å². The minimum atomic E-state index is -0.865. The molecule has 2 N–H and O–H groups in total. The molecule has 0 aliphatic rings. The predicted molar refractivity (Wildman–Crippen MR) is 142 cm³/mol. The lowest BCUT2D eigenvalue weighted by atomic mass is 10.1. The third kappa shape index (κ3) is 7.64. The Morgan fingerprint density at radius 1 is 0.730 bits per heavy atom. The Labute approximate surface area is 217 Å². The Hall–Kier alpha value is -4.20. The maximum absolute atomic E-state index is 13.1. The zero-order valence-electron chi connectivity index (χ0n) is 21.9. The van der Waals surface area contributed by atoms with E-state index in [2.05, 4.69) is 24.5 Å². The fourth-order valence-corrected chi connectivity index (χ4v) is 3.55. The second-order valence-corrected chi connectivity index (χ2v) is 8.79. The highest BCUT2D eigenvalue weighted by atomic mass is 16.5. The summed E-state index contributed by atoms with van der Waals surface area (Å²) in [6.07, 6.45) is 0.0387. The molecule has 0 unspecified atom stereocenters. The summed E-state index contributed by atoms with van der Waals surface area (Å²) < 4.78 is 21.9. The molecule has 0 aliphatic heterocycles. The monoisotopic (exact) mass is 506 g/mol. The average molecular weight is 507 g/mol. The first kappa shape index (κ1) is 27.4. The number of hydrogen-bond acceptors (Lipinski definition) is 6. The second kappa shape index (κ2) is 13.2. The van der Waals surface area contributed by atoms with E-state index in [1.54, 1.807) is 73.8 Å². The van der Waals surface area contributed by atoms with Gasteiger partial charge in [0.25, 0.3) is 11.8 Å². The van der Waals surface area contributed by atoms with Gasteiger partial charge >= 0.3 is 0 Å². The molecule has 196 valence electrons. The van der Waals surface area contributed by atoms with Crippen molar-refractivity contribution in [1.82, 2.24) is 10.6 Å². The molecule has 0 aliphatic carbocycles. The number of nitrogens with one attached hydrogen (secondary N) is 2. The van der Waals surface area contributed by atoms with Crippen LogP contribution < -0.4 is 29.6 Å². The van der Waals surface area contributed by atoms with Crippen LogP contribution in [0.15, 0.2) is 66.7 Å². The third-order valence-electron chi connectivity index (χ3n) is 5.69. The van der Waals surface area contributed by atoms with Gasteiger partial charge in [0.2, 0.25) is 0 Å². The van der Waals surface area contributed by atoms with Crippen LogP contribution in [0.3, 0.4) is 0 Å². The maximum atomic E-state index is 13.1. The molecular formula is C29H34N2O6. The van der Waals surface area contributed by atoms with Crippen LogP contribution in [0, 0.1) is 5.92 Å². The van der Waals surface area contributed by atoms with Crippen molar-refractivity contribution in [3.05, 3.63) is 83.4 Å². The number of amides is 2. The average Bonchev–Trinajstić information content (AvgIpc) is 2.92. The van der Waals surface area contributed by atoms with Gasteiger partial charge in [0.15, 0.2) is 11.5 Å². The molecule has 0 radical (unpaired) electrons. The number of carbonyl (C=O) groups is 2. The van der Waals surface area contributed by atoms with E-state index in [0.717, 1.165) is 6.42 Å². The lowest BCUT2D eigenvalue weighted by Gasteiger charge is -2.22.